The van der Waals surface area contributed by atoms with Crippen LogP contribution in [-0.4, -0.2) is 72.4 Å². The second kappa shape index (κ2) is 13.4. The Hall–Kier alpha value is -2.38. The zero-order chi connectivity index (χ0) is 26.2. The highest BCUT2D eigenvalue weighted by Gasteiger charge is 2.34. The molecule has 2 aromatic rings. The molecule has 202 valence electrons. The van der Waals surface area contributed by atoms with Gasteiger partial charge < -0.3 is 14.5 Å². The minimum atomic E-state index is 0.0625. The monoisotopic (exact) mass is 525 g/mol. The first kappa shape index (κ1) is 27.6. The predicted octanol–water partition coefficient (Wildman–Crippen LogP) is 5.51. The summed E-state index contributed by atoms with van der Waals surface area (Å²) in [6, 6.07) is 10.6. The molecular formula is C30H43N3O3S. The van der Waals surface area contributed by atoms with Gasteiger partial charge in [0.15, 0.2) is 0 Å². The summed E-state index contributed by atoms with van der Waals surface area (Å²) in [5.74, 6) is 1.24. The molecule has 7 heteroatoms. The molecule has 2 amide bonds. The molecule has 1 saturated heterocycles. The smallest absolute Gasteiger partial charge is 0.236 e. The van der Waals surface area contributed by atoms with E-state index in [9.17, 15) is 9.59 Å². The minimum Gasteiger partial charge on any atom is -0.497 e. The van der Waals surface area contributed by atoms with E-state index < -0.39 is 0 Å². The Balaban J connectivity index is 1.33. The SMILES string of the molecule is CCCCCCCCC(=O)N1CCN(C(=O)CN2CCc3sccc3[C@@H]2c2ccc(OC)cc2)C[C@H]1C. The van der Waals surface area contributed by atoms with Crippen LogP contribution in [0.2, 0.25) is 0 Å². The van der Waals surface area contributed by atoms with Crippen LogP contribution in [0.3, 0.4) is 0 Å². The maximum absolute atomic E-state index is 13.5. The van der Waals surface area contributed by atoms with Crippen LogP contribution in [0, 0.1) is 0 Å². The molecule has 2 aliphatic heterocycles. The number of carbonyl (C=O) groups excluding carboxylic acids is 2. The lowest BCUT2D eigenvalue weighted by molar-refractivity contribution is -0.143. The maximum atomic E-state index is 13.5. The van der Waals surface area contributed by atoms with Crippen LogP contribution < -0.4 is 4.74 Å². The van der Waals surface area contributed by atoms with Crippen LogP contribution in [0.25, 0.3) is 0 Å². The number of amides is 2. The van der Waals surface area contributed by atoms with E-state index in [2.05, 4.69) is 42.3 Å². The molecule has 1 aromatic carbocycles. The molecule has 1 fully saturated rings. The number of unbranched alkanes of at least 4 members (excludes halogenated alkanes) is 5. The summed E-state index contributed by atoms with van der Waals surface area (Å²) in [7, 11) is 1.68. The normalized spacial score (nSPS) is 20.1. The quantitative estimate of drug-likeness (QED) is 0.363. The highest BCUT2D eigenvalue weighted by Crippen LogP contribution is 2.38. The third-order valence-electron chi connectivity index (χ3n) is 7.88. The van der Waals surface area contributed by atoms with Crippen LogP contribution in [0.15, 0.2) is 35.7 Å². The van der Waals surface area contributed by atoms with Gasteiger partial charge in [-0.2, -0.15) is 0 Å². The largest absolute Gasteiger partial charge is 0.497 e. The summed E-state index contributed by atoms with van der Waals surface area (Å²) >= 11 is 1.81. The topological polar surface area (TPSA) is 53.1 Å². The van der Waals surface area contributed by atoms with Crippen LogP contribution in [0.1, 0.15) is 80.8 Å². The van der Waals surface area contributed by atoms with Crippen molar-refractivity contribution in [3.63, 3.8) is 0 Å². The first-order valence-corrected chi connectivity index (χ1v) is 14.9. The molecule has 3 heterocycles. The summed E-state index contributed by atoms with van der Waals surface area (Å²) in [5, 5.41) is 2.16. The van der Waals surface area contributed by atoms with Gasteiger partial charge in [-0.3, -0.25) is 14.5 Å². The van der Waals surface area contributed by atoms with Crippen molar-refractivity contribution in [3.8, 4) is 5.75 Å². The van der Waals surface area contributed by atoms with E-state index >= 15 is 0 Å². The number of benzene rings is 1. The number of carbonyl (C=O) groups is 2. The lowest BCUT2D eigenvalue weighted by Crippen LogP contribution is -2.57. The Kier molecular flexibility index (Phi) is 10.0. The van der Waals surface area contributed by atoms with Crippen molar-refractivity contribution in [2.75, 3.05) is 39.8 Å². The number of nitrogens with zero attached hydrogens (tertiary/aromatic N) is 3. The number of hydrogen-bond acceptors (Lipinski definition) is 5. The lowest BCUT2D eigenvalue weighted by atomic mass is 9.93. The maximum Gasteiger partial charge on any atom is 0.236 e. The van der Waals surface area contributed by atoms with Crippen molar-refractivity contribution in [2.45, 2.75) is 77.3 Å². The molecule has 0 bridgehead atoms. The fraction of sp³-hybridized carbons (Fsp3) is 0.600. The third kappa shape index (κ3) is 6.94. The predicted molar refractivity (Wildman–Crippen MR) is 150 cm³/mol. The molecule has 2 aliphatic rings. The molecule has 0 aliphatic carbocycles. The van der Waals surface area contributed by atoms with Crippen LogP contribution in [-0.2, 0) is 16.0 Å². The standard InChI is InChI=1S/C30H43N3O3S/c1-4-5-6-7-8-9-10-28(34)33-19-18-31(21-23(33)2)29(35)22-32-17-15-27-26(16-20-37-27)30(32)24-11-13-25(36-3)14-12-24/h11-14,16,20,23,30H,4-10,15,17-19,21-22H2,1-3H3/t23-,30+/m1/s1. The van der Waals surface area contributed by atoms with Crippen molar-refractivity contribution in [1.29, 1.82) is 0 Å². The van der Waals surface area contributed by atoms with E-state index in [1.807, 2.05) is 33.3 Å². The first-order chi connectivity index (χ1) is 18.0. The van der Waals surface area contributed by atoms with E-state index in [0.29, 0.717) is 32.6 Å². The number of ether oxygens (including phenoxy) is 1. The van der Waals surface area contributed by atoms with E-state index in [0.717, 1.165) is 31.6 Å². The van der Waals surface area contributed by atoms with Crippen molar-refractivity contribution >= 4 is 23.2 Å². The summed E-state index contributed by atoms with van der Waals surface area (Å²) in [4.78, 5) is 34.0. The van der Waals surface area contributed by atoms with Gasteiger partial charge in [-0.25, -0.2) is 0 Å². The second-order valence-corrected chi connectivity index (χ2v) is 11.5. The average molecular weight is 526 g/mol. The highest BCUT2D eigenvalue weighted by molar-refractivity contribution is 7.10. The summed E-state index contributed by atoms with van der Waals surface area (Å²) in [5.41, 5.74) is 2.50. The van der Waals surface area contributed by atoms with Crippen molar-refractivity contribution in [2.24, 2.45) is 0 Å². The number of thiophene rings is 1. The Morgan fingerprint density at radius 1 is 0.973 bits per heavy atom. The molecule has 1 aromatic heterocycles. The molecule has 0 N–H and O–H groups in total. The average Bonchev–Trinajstić information content (AvgIpc) is 3.39. The molecule has 0 saturated carbocycles. The van der Waals surface area contributed by atoms with Gasteiger partial charge in [0.1, 0.15) is 5.75 Å². The summed E-state index contributed by atoms with van der Waals surface area (Å²) < 4.78 is 5.36. The van der Waals surface area contributed by atoms with Crippen molar-refractivity contribution in [1.82, 2.24) is 14.7 Å². The van der Waals surface area contributed by atoms with Crippen LogP contribution in [0.4, 0.5) is 0 Å². The number of rotatable bonds is 11. The van der Waals surface area contributed by atoms with Gasteiger partial charge in [0.05, 0.1) is 19.7 Å². The molecule has 37 heavy (non-hydrogen) atoms. The zero-order valence-corrected chi connectivity index (χ0v) is 23.6. The fourth-order valence-electron chi connectivity index (χ4n) is 5.74. The molecule has 0 radical (unpaired) electrons. The lowest BCUT2D eigenvalue weighted by Gasteiger charge is -2.42. The number of piperazine rings is 1. The molecular weight excluding hydrogens is 482 g/mol. The summed E-state index contributed by atoms with van der Waals surface area (Å²) in [6.07, 6.45) is 8.74. The van der Waals surface area contributed by atoms with Gasteiger partial charge in [-0.05, 0) is 54.5 Å². The van der Waals surface area contributed by atoms with Gasteiger partial charge in [0, 0.05) is 43.5 Å². The highest BCUT2D eigenvalue weighted by atomic mass is 32.1. The number of hydrogen-bond donors (Lipinski definition) is 0. The Bertz CT molecular complexity index is 1020. The molecule has 4 rings (SSSR count). The fourth-order valence-corrected chi connectivity index (χ4v) is 6.65. The zero-order valence-electron chi connectivity index (χ0n) is 22.8. The van der Waals surface area contributed by atoms with Crippen molar-refractivity contribution < 1.29 is 14.3 Å². The van der Waals surface area contributed by atoms with Crippen LogP contribution >= 0.6 is 11.3 Å². The van der Waals surface area contributed by atoms with Crippen molar-refractivity contribution in [3.05, 3.63) is 51.7 Å². The Labute approximate surface area is 226 Å². The molecule has 0 spiro atoms. The molecule has 6 nitrogen and oxygen atoms in total. The van der Waals surface area contributed by atoms with Gasteiger partial charge in [-0.1, -0.05) is 51.2 Å². The second-order valence-electron chi connectivity index (χ2n) is 10.5. The van der Waals surface area contributed by atoms with Crippen LogP contribution in [0.5, 0.6) is 5.75 Å². The molecule has 0 unspecified atom stereocenters. The van der Waals surface area contributed by atoms with E-state index in [-0.39, 0.29) is 23.9 Å². The first-order valence-electron chi connectivity index (χ1n) is 14.0. The van der Waals surface area contributed by atoms with E-state index in [1.165, 1.54) is 41.7 Å². The van der Waals surface area contributed by atoms with Gasteiger partial charge in [-0.15, -0.1) is 11.3 Å². The van der Waals surface area contributed by atoms with E-state index in [4.69, 9.17) is 4.74 Å². The number of methoxy groups -OCH3 is 1. The molecule has 2 atom stereocenters. The van der Waals surface area contributed by atoms with Gasteiger partial charge >= 0.3 is 0 Å². The Morgan fingerprint density at radius 3 is 2.46 bits per heavy atom. The van der Waals surface area contributed by atoms with E-state index in [1.54, 1.807) is 7.11 Å². The van der Waals surface area contributed by atoms with Gasteiger partial charge in [0.2, 0.25) is 11.8 Å². The Morgan fingerprint density at radius 2 is 1.73 bits per heavy atom. The third-order valence-corrected chi connectivity index (χ3v) is 8.88. The number of fused-ring (bicyclic) bond motifs is 1. The summed E-state index contributed by atoms with van der Waals surface area (Å²) in [6.45, 7) is 7.44. The van der Waals surface area contributed by atoms with Gasteiger partial charge in [0.25, 0.3) is 0 Å². The minimum absolute atomic E-state index is 0.0625.